The molecule has 1 amide bonds. The lowest BCUT2D eigenvalue weighted by molar-refractivity contribution is -0.133. The lowest BCUT2D eigenvalue weighted by Crippen LogP contribution is -2.35. The van der Waals surface area contributed by atoms with Crippen molar-refractivity contribution in [3.8, 4) is 0 Å². The van der Waals surface area contributed by atoms with Gasteiger partial charge < -0.3 is 19.5 Å². The summed E-state index contributed by atoms with van der Waals surface area (Å²) in [5, 5.41) is 3.39. The highest BCUT2D eigenvalue weighted by atomic mass is 16.5. The first-order chi connectivity index (χ1) is 8.59. The Morgan fingerprint density at radius 3 is 3.17 bits per heavy atom. The molecule has 6 heteroatoms. The Bertz CT molecular complexity index is 428. The largest absolute Gasteiger partial charge is 0.370 e. The summed E-state index contributed by atoms with van der Waals surface area (Å²) in [5.74, 6) is -0.0176. The summed E-state index contributed by atoms with van der Waals surface area (Å²) < 4.78 is 7.50. The smallest absolute Gasteiger partial charge is 0.248 e. The number of hydrogen-bond donors (Lipinski definition) is 1. The summed E-state index contributed by atoms with van der Waals surface area (Å²) in [4.78, 5) is 17.3. The van der Waals surface area contributed by atoms with Crippen LogP contribution in [0.5, 0.6) is 0 Å². The number of carbonyl (C=O) groups excluding carboxylic acids is 1. The molecule has 0 aromatic carbocycles. The maximum Gasteiger partial charge on any atom is 0.248 e. The van der Waals surface area contributed by atoms with E-state index in [-0.39, 0.29) is 18.6 Å². The van der Waals surface area contributed by atoms with Crippen LogP contribution in [0.1, 0.15) is 17.4 Å². The van der Waals surface area contributed by atoms with Crippen molar-refractivity contribution in [2.24, 2.45) is 7.05 Å². The highest BCUT2D eigenvalue weighted by Gasteiger charge is 2.24. The summed E-state index contributed by atoms with van der Waals surface area (Å²) >= 11 is 0. The van der Waals surface area contributed by atoms with Gasteiger partial charge >= 0.3 is 0 Å². The summed E-state index contributed by atoms with van der Waals surface area (Å²) in [6, 6.07) is 0.121. The second kappa shape index (κ2) is 5.49. The van der Waals surface area contributed by atoms with E-state index >= 15 is 0 Å². The number of imidazole rings is 1. The van der Waals surface area contributed by atoms with Gasteiger partial charge in [0.25, 0.3) is 0 Å². The van der Waals surface area contributed by atoms with Gasteiger partial charge in [-0.25, -0.2) is 4.98 Å². The van der Waals surface area contributed by atoms with E-state index in [1.165, 1.54) is 10.6 Å². The van der Waals surface area contributed by atoms with Gasteiger partial charge in [0.15, 0.2) is 0 Å². The third-order valence-electron chi connectivity index (χ3n) is 3.15. The number of carbonyl (C=O) groups is 1. The number of aryl methyl sites for hydroxylation is 1. The predicted octanol–water partition coefficient (Wildman–Crippen LogP) is -0.288. The second-order valence-corrected chi connectivity index (χ2v) is 4.75. The molecule has 0 spiro atoms. The number of fused-ring (bicyclic) bond motifs is 1. The molecule has 1 aromatic rings. The van der Waals surface area contributed by atoms with E-state index in [1.54, 1.807) is 14.1 Å². The topological polar surface area (TPSA) is 59.4 Å². The fraction of sp³-hybridized carbons (Fsp3) is 0.667. The zero-order valence-electron chi connectivity index (χ0n) is 11.1. The molecule has 1 N–H and O–H groups in total. The van der Waals surface area contributed by atoms with Crippen molar-refractivity contribution < 1.29 is 9.53 Å². The van der Waals surface area contributed by atoms with Gasteiger partial charge in [-0.15, -0.1) is 0 Å². The van der Waals surface area contributed by atoms with Gasteiger partial charge in [-0.3, -0.25) is 4.79 Å². The van der Waals surface area contributed by atoms with Crippen molar-refractivity contribution in [3.05, 3.63) is 17.7 Å². The van der Waals surface area contributed by atoms with Gasteiger partial charge in [-0.1, -0.05) is 0 Å². The quantitative estimate of drug-likeness (QED) is 0.800. The number of nitrogens with one attached hydrogen (secondary N) is 1. The van der Waals surface area contributed by atoms with E-state index in [2.05, 4.69) is 10.3 Å². The number of likely N-dealkylation sites (N-methyl/N-ethyl adjacent to an activating group) is 1. The Morgan fingerprint density at radius 2 is 2.44 bits per heavy atom. The molecule has 6 nitrogen and oxygen atoms in total. The standard InChI is InChI=1S/C12H20N4O2/c1-15(2)11(17)7-18-6-10-12-9(4-5-13-10)14-8-16(12)3/h8,10,13H,4-7H2,1-3H3. The number of aromatic nitrogens is 2. The molecular weight excluding hydrogens is 232 g/mol. The Hall–Kier alpha value is -1.40. The average Bonchev–Trinajstić information content (AvgIpc) is 2.72. The minimum atomic E-state index is -0.0176. The van der Waals surface area contributed by atoms with Crippen LogP contribution in [-0.4, -0.2) is 54.2 Å². The average molecular weight is 252 g/mol. The normalized spacial score (nSPS) is 18.5. The molecule has 2 heterocycles. The number of rotatable bonds is 4. The van der Waals surface area contributed by atoms with E-state index < -0.39 is 0 Å². The molecule has 1 aliphatic heterocycles. The van der Waals surface area contributed by atoms with Crippen molar-refractivity contribution in [3.63, 3.8) is 0 Å². The Morgan fingerprint density at radius 1 is 1.67 bits per heavy atom. The summed E-state index contributed by atoms with van der Waals surface area (Å²) in [6.07, 6.45) is 2.78. The first-order valence-corrected chi connectivity index (χ1v) is 6.11. The third kappa shape index (κ3) is 2.70. The van der Waals surface area contributed by atoms with Crippen LogP contribution in [-0.2, 0) is 23.0 Å². The van der Waals surface area contributed by atoms with Crippen molar-refractivity contribution in [2.45, 2.75) is 12.5 Å². The lowest BCUT2D eigenvalue weighted by atomic mass is 10.1. The van der Waals surface area contributed by atoms with Gasteiger partial charge in [0.1, 0.15) is 6.61 Å². The highest BCUT2D eigenvalue weighted by molar-refractivity contribution is 5.76. The molecule has 2 rings (SSSR count). The zero-order valence-corrected chi connectivity index (χ0v) is 11.1. The molecule has 0 bridgehead atoms. The first-order valence-electron chi connectivity index (χ1n) is 6.11. The van der Waals surface area contributed by atoms with Gasteiger partial charge in [-0.2, -0.15) is 0 Å². The number of hydrogen-bond acceptors (Lipinski definition) is 4. The van der Waals surface area contributed by atoms with Crippen LogP contribution in [0.25, 0.3) is 0 Å². The van der Waals surface area contributed by atoms with E-state index in [0.717, 1.165) is 18.7 Å². The van der Waals surface area contributed by atoms with Crippen LogP contribution in [0, 0.1) is 0 Å². The molecule has 1 unspecified atom stereocenters. The Balaban J connectivity index is 1.91. The van der Waals surface area contributed by atoms with E-state index in [4.69, 9.17) is 4.74 Å². The van der Waals surface area contributed by atoms with E-state index in [1.807, 2.05) is 17.9 Å². The van der Waals surface area contributed by atoms with Crippen LogP contribution in [0.15, 0.2) is 6.33 Å². The van der Waals surface area contributed by atoms with Gasteiger partial charge in [0, 0.05) is 34.1 Å². The molecule has 1 aliphatic rings. The summed E-state index contributed by atoms with van der Waals surface area (Å²) in [7, 11) is 5.43. The number of nitrogens with zero attached hydrogens (tertiary/aromatic N) is 3. The van der Waals surface area contributed by atoms with Crippen molar-refractivity contribution >= 4 is 5.91 Å². The van der Waals surface area contributed by atoms with Crippen LogP contribution in [0.2, 0.25) is 0 Å². The SMILES string of the molecule is CN(C)C(=O)COCC1NCCc2ncn(C)c21. The van der Waals surface area contributed by atoms with E-state index in [9.17, 15) is 4.79 Å². The van der Waals surface area contributed by atoms with E-state index in [0.29, 0.717) is 6.61 Å². The molecule has 0 saturated heterocycles. The molecule has 0 fully saturated rings. The fourth-order valence-electron chi connectivity index (χ4n) is 2.12. The second-order valence-electron chi connectivity index (χ2n) is 4.75. The molecule has 1 aromatic heterocycles. The lowest BCUT2D eigenvalue weighted by Gasteiger charge is -2.24. The molecule has 0 saturated carbocycles. The molecular formula is C12H20N4O2. The molecule has 0 aliphatic carbocycles. The van der Waals surface area contributed by atoms with Crippen molar-refractivity contribution in [1.29, 1.82) is 0 Å². The first kappa shape index (κ1) is 13.0. The highest BCUT2D eigenvalue weighted by Crippen LogP contribution is 2.21. The van der Waals surface area contributed by atoms with Crippen LogP contribution >= 0.6 is 0 Å². The summed E-state index contributed by atoms with van der Waals surface area (Å²) in [5.41, 5.74) is 2.29. The van der Waals surface area contributed by atoms with Gasteiger partial charge in [0.05, 0.1) is 30.4 Å². The van der Waals surface area contributed by atoms with Gasteiger partial charge in [-0.05, 0) is 0 Å². The van der Waals surface area contributed by atoms with Crippen LogP contribution < -0.4 is 5.32 Å². The Labute approximate surface area is 107 Å². The van der Waals surface area contributed by atoms with Crippen LogP contribution in [0.4, 0.5) is 0 Å². The fourth-order valence-corrected chi connectivity index (χ4v) is 2.12. The minimum absolute atomic E-state index is 0.0176. The van der Waals surface area contributed by atoms with Gasteiger partial charge in [0.2, 0.25) is 5.91 Å². The summed E-state index contributed by atoms with van der Waals surface area (Å²) in [6.45, 7) is 1.52. The van der Waals surface area contributed by atoms with Crippen molar-refractivity contribution in [1.82, 2.24) is 19.8 Å². The minimum Gasteiger partial charge on any atom is -0.370 e. The third-order valence-corrected chi connectivity index (χ3v) is 3.15. The number of ether oxygens (including phenoxy) is 1. The van der Waals surface area contributed by atoms with Crippen LogP contribution in [0.3, 0.4) is 0 Å². The zero-order chi connectivity index (χ0) is 13.1. The predicted molar refractivity (Wildman–Crippen MR) is 67.2 cm³/mol. The monoisotopic (exact) mass is 252 g/mol. The maximum atomic E-state index is 11.4. The number of amides is 1. The maximum absolute atomic E-state index is 11.4. The Kier molecular flexibility index (Phi) is 3.98. The molecule has 1 atom stereocenters. The molecule has 100 valence electrons. The van der Waals surface area contributed by atoms with Crippen molar-refractivity contribution in [2.75, 3.05) is 33.9 Å². The molecule has 0 radical (unpaired) electrons. The molecule has 18 heavy (non-hydrogen) atoms.